The van der Waals surface area contributed by atoms with Gasteiger partial charge in [0.25, 0.3) is 0 Å². The Hall–Kier alpha value is -1.26. The Balaban J connectivity index is 2.78. The van der Waals surface area contributed by atoms with Crippen LogP contribution in [0.25, 0.3) is 0 Å². The van der Waals surface area contributed by atoms with Crippen molar-refractivity contribution in [1.29, 1.82) is 0 Å². The largest absolute Gasteiger partial charge is 0.375 e. The lowest BCUT2D eigenvalue weighted by atomic mass is 10.2. The van der Waals surface area contributed by atoms with E-state index in [9.17, 15) is 4.79 Å². The summed E-state index contributed by atoms with van der Waals surface area (Å²) in [7, 11) is 3.78. The Morgan fingerprint density at radius 2 is 2.17 bits per heavy atom. The lowest BCUT2D eigenvalue weighted by Crippen LogP contribution is -2.20. The van der Waals surface area contributed by atoms with Crippen molar-refractivity contribution in [2.24, 2.45) is 5.73 Å². The predicted octanol–water partition coefficient (Wildman–Crippen LogP) is 2.47. The molecule has 1 rings (SSSR count). The Kier molecular flexibility index (Phi) is 5.44. The summed E-state index contributed by atoms with van der Waals surface area (Å²) in [5, 5.41) is 3.48. The van der Waals surface area contributed by atoms with Gasteiger partial charge in [0.2, 0.25) is 5.91 Å². The van der Waals surface area contributed by atoms with Crippen LogP contribution in [0.3, 0.4) is 0 Å². The zero-order chi connectivity index (χ0) is 13.7. The molecule has 5 heteroatoms. The highest BCUT2D eigenvalue weighted by atomic mass is 35.5. The summed E-state index contributed by atoms with van der Waals surface area (Å²) >= 11 is 6.12. The number of nitrogens with one attached hydrogen (secondary N) is 1. The summed E-state index contributed by atoms with van der Waals surface area (Å²) in [6.07, 6.45) is 1.08. The molecule has 0 radical (unpaired) electrons. The summed E-state index contributed by atoms with van der Waals surface area (Å²) in [4.78, 5) is 13.7. The zero-order valence-electron chi connectivity index (χ0n) is 11.0. The third kappa shape index (κ3) is 4.20. The van der Waals surface area contributed by atoms with Crippen LogP contribution in [0.2, 0.25) is 5.02 Å². The molecule has 0 saturated carbocycles. The van der Waals surface area contributed by atoms with Gasteiger partial charge in [-0.1, -0.05) is 17.7 Å². The van der Waals surface area contributed by atoms with E-state index in [1.165, 1.54) is 0 Å². The van der Waals surface area contributed by atoms with Gasteiger partial charge >= 0.3 is 0 Å². The number of carbonyl (C=O) groups is 1. The highest BCUT2D eigenvalue weighted by Crippen LogP contribution is 2.32. The average molecular weight is 270 g/mol. The van der Waals surface area contributed by atoms with Crippen molar-refractivity contribution in [2.45, 2.75) is 25.8 Å². The summed E-state index contributed by atoms with van der Waals surface area (Å²) < 4.78 is 0. The van der Waals surface area contributed by atoms with E-state index in [1.54, 1.807) is 6.07 Å². The molecule has 0 heterocycles. The van der Waals surface area contributed by atoms with Crippen LogP contribution in [0.15, 0.2) is 18.2 Å². The second kappa shape index (κ2) is 6.61. The van der Waals surface area contributed by atoms with E-state index < -0.39 is 0 Å². The quantitative estimate of drug-likeness (QED) is 0.863. The summed E-state index contributed by atoms with van der Waals surface area (Å²) in [5.74, 6) is -0.0438. The van der Waals surface area contributed by atoms with Gasteiger partial charge in [-0.2, -0.15) is 0 Å². The van der Waals surface area contributed by atoms with Crippen molar-refractivity contribution in [3.05, 3.63) is 23.2 Å². The van der Waals surface area contributed by atoms with E-state index in [-0.39, 0.29) is 11.9 Å². The molecule has 0 aromatic heterocycles. The smallest absolute Gasteiger partial charge is 0.224 e. The van der Waals surface area contributed by atoms with E-state index >= 15 is 0 Å². The van der Waals surface area contributed by atoms with Crippen molar-refractivity contribution >= 4 is 28.9 Å². The molecule has 0 aliphatic carbocycles. The normalized spacial score (nSPS) is 12.1. The first-order chi connectivity index (χ1) is 8.41. The lowest BCUT2D eigenvalue weighted by Gasteiger charge is -2.19. The van der Waals surface area contributed by atoms with Gasteiger partial charge in [0.1, 0.15) is 0 Å². The highest BCUT2D eigenvalue weighted by molar-refractivity contribution is 6.34. The van der Waals surface area contributed by atoms with Gasteiger partial charge in [-0.15, -0.1) is 0 Å². The molecule has 0 aliphatic heterocycles. The minimum absolute atomic E-state index is 0.0310. The van der Waals surface area contributed by atoms with Crippen LogP contribution in [0.4, 0.5) is 11.4 Å². The topological polar surface area (TPSA) is 58.4 Å². The van der Waals surface area contributed by atoms with Gasteiger partial charge in [-0.3, -0.25) is 4.79 Å². The standard InChI is InChI=1S/C13H20ClN3O/c1-9(15)7-8-12(18)16-11-6-4-5-10(14)13(11)17(2)3/h4-6,9H,7-8,15H2,1-3H3,(H,16,18). The predicted molar refractivity (Wildman–Crippen MR) is 77.3 cm³/mol. The number of carbonyl (C=O) groups excluding carboxylic acids is 1. The monoisotopic (exact) mass is 269 g/mol. The number of hydrogen-bond acceptors (Lipinski definition) is 3. The van der Waals surface area contributed by atoms with E-state index in [2.05, 4.69) is 5.32 Å². The van der Waals surface area contributed by atoms with Crippen LogP contribution in [0, 0.1) is 0 Å². The summed E-state index contributed by atoms with van der Waals surface area (Å²) in [6.45, 7) is 1.89. The maximum atomic E-state index is 11.8. The molecule has 0 fully saturated rings. The van der Waals surface area contributed by atoms with E-state index in [0.717, 1.165) is 11.4 Å². The first-order valence-electron chi connectivity index (χ1n) is 5.93. The van der Waals surface area contributed by atoms with E-state index in [1.807, 2.05) is 38.1 Å². The third-order valence-electron chi connectivity index (χ3n) is 2.53. The maximum absolute atomic E-state index is 11.8. The average Bonchev–Trinajstić information content (AvgIpc) is 2.26. The minimum Gasteiger partial charge on any atom is -0.375 e. The van der Waals surface area contributed by atoms with E-state index in [4.69, 9.17) is 17.3 Å². The first kappa shape index (κ1) is 14.8. The van der Waals surface area contributed by atoms with Crippen molar-refractivity contribution in [3.63, 3.8) is 0 Å². The number of anilines is 2. The number of nitrogens with zero attached hydrogens (tertiary/aromatic N) is 1. The van der Waals surface area contributed by atoms with Crippen molar-refractivity contribution in [3.8, 4) is 0 Å². The molecule has 4 nitrogen and oxygen atoms in total. The Labute approximate surface area is 113 Å². The number of para-hydroxylation sites is 1. The molecule has 1 unspecified atom stereocenters. The Morgan fingerprint density at radius 3 is 2.72 bits per heavy atom. The van der Waals surface area contributed by atoms with Crippen LogP contribution in [0.1, 0.15) is 19.8 Å². The number of nitrogens with two attached hydrogens (primary N) is 1. The molecule has 0 aliphatic rings. The second-order valence-corrected chi connectivity index (χ2v) is 5.00. The number of amides is 1. The Bertz CT molecular complexity index is 419. The maximum Gasteiger partial charge on any atom is 0.224 e. The van der Waals surface area contributed by atoms with Gasteiger partial charge in [-0.25, -0.2) is 0 Å². The SMILES string of the molecule is CC(N)CCC(=O)Nc1cccc(Cl)c1N(C)C. The molecule has 1 amide bonds. The van der Waals surface area contributed by atoms with Crippen LogP contribution < -0.4 is 16.0 Å². The van der Waals surface area contributed by atoms with Gasteiger partial charge in [0, 0.05) is 26.6 Å². The van der Waals surface area contributed by atoms with Crippen LogP contribution in [-0.4, -0.2) is 26.0 Å². The fourth-order valence-corrected chi connectivity index (χ4v) is 1.99. The molecule has 0 spiro atoms. The number of hydrogen-bond donors (Lipinski definition) is 2. The lowest BCUT2D eigenvalue weighted by molar-refractivity contribution is -0.116. The molecule has 100 valence electrons. The fraction of sp³-hybridized carbons (Fsp3) is 0.462. The molecular formula is C13H20ClN3O. The van der Waals surface area contributed by atoms with Crippen molar-refractivity contribution < 1.29 is 4.79 Å². The summed E-state index contributed by atoms with van der Waals surface area (Å²) in [5.41, 5.74) is 7.16. The molecule has 0 saturated heterocycles. The molecule has 1 atom stereocenters. The Morgan fingerprint density at radius 1 is 1.50 bits per heavy atom. The van der Waals surface area contributed by atoms with Crippen LogP contribution in [0.5, 0.6) is 0 Å². The van der Waals surface area contributed by atoms with Crippen LogP contribution in [-0.2, 0) is 4.79 Å². The third-order valence-corrected chi connectivity index (χ3v) is 2.84. The van der Waals surface area contributed by atoms with E-state index in [0.29, 0.717) is 17.9 Å². The molecule has 1 aromatic carbocycles. The second-order valence-electron chi connectivity index (χ2n) is 4.59. The summed E-state index contributed by atoms with van der Waals surface area (Å²) in [6, 6.07) is 5.49. The van der Waals surface area contributed by atoms with Gasteiger partial charge in [0.05, 0.1) is 16.4 Å². The molecule has 0 bridgehead atoms. The minimum atomic E-state index is -0.0438. The highest BCUT2D eigenvalue weighted by Gasteiger charge is 2.11. The fourth-order valence-electron chi connectivity index (χ4n) is 1.64. The molecule has 1 aromatic rings. The van der Waals surface area contributed by atoms with Gasteiger partial charge < -0.3 is 16.0 Å². The first-order valence-corrected chi connectivity index (χ1v) is 6.31. The zero-order valence-corrected chi connectivity index (χ0v) is 11.8. The number of benzene rings is 1. The van der Waals surface area contributed by atoms with Crippen LogP contribution >= 0.6 is 11.6 Å². The number of rotatable bonds is 5. The van der Waals surface area contributed by atoms with Gasteiger partial charge in [-0.05, 0) is 25.5 Å². The van der Waals surface area contributed by atoms with Crippen molar-refractivity contribution in [2.75, 3.05) is 24.3 Å². The molecular weight excluding hydrogens is 250 g/mol. The number of halogens is 1. The molecule has 18 heavy (non-hydrogen) atoms. The van der Waals surface area contributed by atoms with Gasteiger partial charge in [0.15, 0.2) is 0 Å². The van der Waals surface area contributed by atoms with Crippen molar-refractivity contribution in [1.82, 2.24) is 0 Å². The molecule has 3 N–H and O–H groups in total.